The van der Waals surface area contributed by atoms with Crippen LogP contribution < -0.4 is 5.32 Å². The Morgan fingerprint density at radius 1 is 1.20 bits per heavy atom. The minimum absolute atomic E-state index is 0.454. The highest BCUT2D eigenvalue weighted by atomic mass is 79.9. The Hall–Kier alpha value is -0.380. The fraction of sp³-hybridized carbons (Fsp3) is 0.647. The first-order valence-electron chi connectivity index (χ1n) is 7.73. The fourth-order valence-electron chi connectivity index (χ4n) is 3.46. The topological polar surface area (TPSA) is 15.3 Å². The van der Waals surface area contributed by atoms with Gasteiger partial charge in [-0.25, -0.2) is 0 Å². The maximum absolute atomic E-state index is 3.50. The van der Waals surface area contributed by atoms with E-state index in [-0.39, 0.29) is 0 Å². The Morgan fingerprint density at radius 2 is 1.80 bits per heavy atom. The van der Waals surface area contributed by atoms with E-state index in [9.17, 15) is 0 Å². The summed E-state index contributed by atoms with van der Waals surface area (Å²) in [6, 6.07) is 9.14. The van der Waals surface area contributed by atoms with Gasteiger partial charge in [0.1, 0.15) is 0 Å². The van der Waals surface area contributed by atoms with E-state index in [4.69, 9.17) is 0 Å². The summed E-state index contributed by atoms with van der Waals surface area (Å²) >= 11 is 3.50. The number of piperidine rings is 1. The second-order valence-corrected chi connectivity index (χ2v) is 7.30. The van der Waals surface area contributed by atoms with Gasteiger partial charge in [-0.1, -0.05) is 41.9 Å². The molecule has 0 bridgehead atoms. The molecule has 1 aromatic rings. The molecule has 1 heterocycles. The standard InChI is InChI=1S/C17H27BrN2/c1-13-10-14(2)12-20(11-13)9-8-17(19-3)15-4-6-16(18)7-5-15/h4-7,13-14,17,19H,8-12H2,1-3H3. The Morgan fingerprint density at radius 3 is 2.35 bits per heavy atom. The first-order valence-corrected chi connectivity index (χ1v) is 8.53. The van der Waals surface area contributed by atoms with Crippen LogP contribution in [0.1, 0.15) is 38.3 Å². The van der Waals surface area contributed by atoms with Crippen LogP contribution in [0.15, 0.2) is 28.7 Å². The molecule has 0 spiro atoms. The summed E-state index contributed by atoms with van der Waals surface area (Å²) in [7, 11) is 2.06. The lowest BCUT2D eigenvalue weighted by Crippen LogP contribution is -2.40. The summed E-state index contributed by atoms with van der Waals surface area (Å²) in [5, 5.41) is 3.46. The Balaban J connectivity index is 1.89. The van der Waals surface area contributed by atoms with E-state index in [0.29, 0.717) is 6.04 Å². The van der Waals surface area contributed by atoms with E-state index in [1.54, 1.807) is 0 Å². The first-order chi connectivity index (χ1) is 9.58. The normalized spacial score (nSPS) is 25.6. The van der Waals surface area contributed by atoms with Crippen molar-refractivity contribution in [3.63, 3.8) is 0 Å². The number of likely N-dealkylation sites (tertiary alicyclic amines) is 1. The minimum Gasteiger partial charge on any atom is -0.313 e. The summed E-state index contributed by atoms with van der Waals surface area (Å²) in [5.74, 6) is 1.69. The van der Waals surface area contributed by atoms with E-state index in [0.717, 1.165) is 16.3 Å². The van der Waals surface area contributed by atoms with Crippen LogP contribution in [0.25, 0.3) is 0 Å². The van der Waals surface area contributed by atoms with Crippen molar-refractivity contribution in [1.29, 1.82) is 0 Å². The molecule has 1 aromatic carbocycles. The van der Waals surface area contributed by atoms with Crippen molar-refractivity contribution < 1.29 is 0 Å². The van der Waals surface area contributed by atoms with E-state index in [1.165, 1.54) is 38.0 Å². The average molecular weight is 339 g/mol. The van der Waals surface area contributed by atoms with Gasteiger partial charge in [0, 0.05) is 23.6 Å². The van der Waals surface area contributed by atoms with Crippen molar-refractivity contribution in [3.8, 4) is 0 Å². The van der Waals surface area contributed by atoms with Crippen molar-refractivity contribution in [3.05, 3.63) is 34.3 Å². The zero-order valence-electron chi connectivity index (χ0n) is 12.9. The van der Waals surface area contributed by atoms with Crippen molar-refractivity contribution in [2.75, 3.05) is 26.7 Å². The van der Waals surface area contributed by atoms with Crippen LogP contribution in [0, 0.1) is 11.8 Å². The molecule has 0 amide bonds. The highest BCUT2D eigenvalue weighted by Crippen LogP contribution is 2.24. The number of nitrogens with one attached hydrogen (secondary N) is 1. The number of hydrogen-bond acceptors (Lipinski definition) is 2. The van der Waals surface area contributed by atoms with Crippen molar-refractivity contribution in [1.82, 2.24) is 10.2 Å². The van der Waals surface area contributed by atoms with E-state index in [1.807, 2.05) is 0 Å². The molecule has 0 radical (unpaired) electrons. The molecule has 112 valence electrons. The van der Waals surface area contributed by atoms with Gasteiger partial charge in [-0.3, -0.25) is 0 Å². The maximum Gasteiger partial charge on any atom is 0.0329 e. The van der Waals surface area contributed by atoms with Crippen molar-refractivity contribution in [2.45, 2.75) is 32.7 Å². The van der Waals surface area contributed by atoms with Crippen molar-refractivity contribution in [2.24, 2.45) is 11.8 Å². The van der Waals surface area contributed by atoms with E-state index < -0.39 is 0 Å². The van der Waals surface area contributed by atoms with Gasteiger partial charge in [0.05, 0.1) is 0 Å². The third kappa shape index (κ3) is 4.57. The predicted molar refractivity (Wildman–Crippen MR) is 89.9 cm³/mol. The molecule has 1 N–H and O–H groups in total. The van der Waals surface area contributed by atoms with Gasteiger partial charge in [-0.2, -0.15) is 0 Å². The number of nitrogens with zero attached hydrogens (tertiary/aromatic N) is 1. The molecule has 0 aromatic heterocycles. The molecule has 0 aliphatic carbocycles. The number of hydrogen-bond donors (Lipinski definition) is 1. The lowest BCUT2D eigenvalue weighted by Gasteiger charge is -2.35. The second-order valence-electron chi connectivity index (χ2n) is 6.39. The molecule has 1 fully saturated rings. The van der Waals surface area contributed by atoms with Crippen LogP contribution in [0.2, 0.25) is 0 Å². The predicted octanol–water partition coefficient (Wildman–Crippen LogP) is 4.08. The summed E-state index contributed by atoms with van der Waals surface area (Å²) in [6.07, 6.45) is 2.57. The highest BCUT2D eigenvalue weighted by molar-refractivity contribution is 9.10. The molecule has 3 heteroatoms. The zero-order valence-corrected chi connectivity index (χ0v) is 14.5. The first kappa shape index (κ1) is 16.0. The monoisotopic (exact) mass is 338 g/mol. The van der Waals surface area contributed by atoms with Crippen LogP contribution in [-0.2, 0) is 0 Å². The molecule has 3 unspecified atom stereocenters. The van der Waals surface area contributed by atoms with E-state index >= 15 is 0 Å². The fourth-order valence-corrected chi connectivity index (χ4v) is 3.72. The molecule has 1 aliphatic rings. The third-order valence-corrected chi connectivity index (χ3v) is 4.83. The van der Waals surface area contributed by atoms with Gasteiger partial charge in [0.25, 0.3) is 0 Å². The van der Waals surface area contributed by atoms with Crippen LogP contribution in [0.4, 0.5) is 0 Å². The van der Waals surface area contributed by atoms with E-state index in [2.05, 4.69) is 71.3 Å². The average Bonchev–Trinajstić information content (AvgIpc) is 2.40. The molecule has 20 heavy (non-hydrogen) atoms. The summed E-state index contributed by atoms with van der Waals surface area (Å²) in [4.78, 5) is 2.64. The van der Waals surface area contributed by atoms with Crippen LogP contribution in [-0.4, -0.2) is 31.6 Å². The van der Waals surface area contributed by atoms with Crippen molar-refractivity contribution >= 4 is 15.9 Å². The van der Waals surface area contributed by atoms with Crippen LogP contribution >= 0.6 is 15.9 Å². The van der Waals surface area contributed by atoms with Gasteiger partial charge in [0.2, 0.25) is 0 Å². The molecule has 3 atom stereocenters. The SMILES string of the molecule is CNC(CCN1CC(C)CC(C)C1)c1ccc(Br)cc1. The largest absolute Gasteiger partial charge is 0.313 e. The molecule has 1 saturated heterocycles. The molecule has 2 nitrogen and oxygen atoms in total. The van der Waals surface area contributed by atoms with Gasteiger partial charge in [0.15, 0.2) is 0 Å². The van der Waals surface area contributed by atoms with Gasteiger partial charge >= 0.3 is 0 Å². The number of benzene rings is 1. The Kier molecular flexibility index (Phi) is 6.06. The number of halogens is 1. The van der Waals surface area contributed by atoms with Gasteiger partial charge in [-0.15, -0.1) is 0 Å². The molecule has 0 saturated carbocycles. The zero-order chi connectivity index (χ0) is 14.5. The van der Waals surface area contributed by atoms with Gasteiger partial charge < -0.3 is 10.2 Å². The smallest absolute Gasteiger partial charge is 0.0329 e. The summed E-state index contributed by atoms with van der Waals surface area (Å²) in [6.45, 7) is 8.48. The molecule has 2 rings (SSSR count). The minimum atomic E-state index is 0.454. The maximum atomic E-state index is 3.50. The van der Waals surface area contributed by atoms with Gasteiger partial charge in [-0.05, 0) is 56.0 Å². The third-order valence-electron chi connectivity index (χ3n) is 4.30. The quantitative estimate of drug-likeness (QED) is 0.870. The lowest BCUT2D eigenvalue weighted by atomic mass is 9.91. The molecular formula is C17H27BrN2. The molecule has 1 aliphatic heterocycles. The lowest BCUT2D eigenvalue weighted by molar-refractivity contribution is 0.136. The molecular weight excluding hydrogens is 312 g/mol. The van der Waals surface area contributed by atoms with Crippen LogP contribution in [0.3, 0.4) is 0 Å². The summed E-state index contributed by atoms with van der Waals surface area (Å²) < 4.78 is 1.15. The Labute approximate surface area is 132 Å². The summed E-state index contributed by atoms with van der Waals surface area (Å²) in [5.41, 5.74) is 1.38. The second kappa shape index (κ2) is 7.58. The van der Waals surface area contributed by atoms with Crippen LogP contribution in [0.5, 0.6) is 0 Å². The number of rotatable bonds is 5. The highest BCUT2D eigenvalue weighted by Gasteiger charge is 2.22. The Bertz CT molecular complexity index is 394.